The zero-order chi connectivity index (χ0) is 12.9. The third kappa shape index (κ3) is 4.06. The Morgan fingerprint density at radius 3 is 2.29 bits per heavy atom. The molecule has 0 unspecified atom stereocenters. The Labute approximate surface area is 104 Å². The first-order valence-electron chi connectivity index (χ1n) is 6.00. The lowest BCUT2D eigenvalue weighted by molar-refractivity contribution is -0.130. The third-order valence-electron chi connectivity index (χ3n) is 2.61. The molecule has 1 amide bonds. The lowest BCUT2D eigenvalue weighted by Gasteiger charge is -2.33. The van der Waals surface area contributed by atoms with E-state index in [-0.39, 0.29) is 11.4 Å². The van der Waals surface area contributed by atoms with Crippen molar-refractivity contribution in [2.45, 2.75) is 33.2 Å². The summed E-state index contributed by atoms with van der Waals surface area (Å²) in [6, 6.07) is 9.86. The average molecular weight is 231 g/mol. The number of amides is 1. The molecule has 0 aliphatic rings. The second kappa shape index (κ2) is 5.67. The van der Waals surface area contributed by atoms with Crippen molar-refractivity contribution in [2.24, 2.45) is 0 Å². The van der Waals surface area contributed by atoms with E-state index in [1.54, 1.807) is 6.08 Å². The van der Waals surface area contributed by atoms with Gasteiger partial charge in [0.25, 0.3) is 0 Å². The van der Waals surface area contributed by atoms with Gasteiger partial charge in [-0.15, -0.1) is 0 Å². The van der Waals surface area contributed by atoms with Gasteiger partial charge >= 0.3 is 0 Å². The highest BCUT2D eigenvalue weighted by Gasteiger charge is 2.22. The summed E-state index contributed by atoms with van der Waals surface area (Å²) in [6.45, 7) is 8.86. The van der Waals surface area contributed by atoms with Gasteiger partial charge in [-0.1, -0.05) is 30.3 Å². The maximum absolute atomic E-state index is 12.0. The van der Waals surface area contributed by atoms with E-state index in [9.17, 15) is 4.79 Å². The Balaban J connectivity index is 2.75. The molecule has 0 heterocycles. The maximum Gasteiger partial charge on any atom is 0.246 e. The summed E-state index contributed by atoms with van der Waals surface area (Å²) in [6.07, 6.45) is 3.50. The van der Waals surface area contributed by atoms with Crippen LogP contribution in [0.15, 0.2) is 36.4 Å². The molecular weight excluding hydrogens is 210 g/mol. The minimum absolute atomic E-state index is 0.0591. The van der Waals surface area contributed by atoms with Crippen LogP contribution in [0.25, 0.3) is 6.08 Å². The molecule has 2 nitrogen and oxygen atoms in total. The first kappa shape index (κ1) is 13.5. The summed E-state index contributed by atoms with van der Waals surface area (Å²) in [5.41, 5.74) is 0.915. The fourth-order valence-electron chi connectivity index (χ4n) is 1.78. The van der Waals surface area contributed by atoms with Crippen LogP contribution in [0.3, 0.4) is 0 Å². The zero-order valence-corrected chi connectivity index (χ0v) is 11.1. The van der Waals surface area contributed by atoms with Crippen LogP contribution in [0.2, 0.25) is 0 Å². The molecule has 0 bridgehead atoms. The number of carbonyl (C=O) groups is 1. The van der Waals surface area contributed by atoms with Crippen molar-refractivity contribution in [2.75, 3.05) is 6.54 Å². The lowest BCUT2D eigenvalue weighted by atomic mass is 10.1. The first-order chi connectivity index (χ1) is 7.95. The quantitative estimate of drug-likeness (QED) is 0.731. The van der Waals surface area contributed by atoms with E-state index in [0.717, 1.165) is 12.1 Å². The number of carbonyl (C=O) groups excluding carboxylic acids is 1. The molecule has 1 aromatic rings. The van der Waals surface area contributed by atoms with E-state index < -0.39 is 0 Å². The van der Waals surface area contributed by atoms with E-state index in [2.05, 4.69) is 0 Å². The standard InChI is InChI=1S/C15H21NO/c1-5-16(15(2,3)4)14(17)12-11-13-9-7-6-8-10-13/h6-12H,5H2,1-4H3/b12-11+. The van der Waals surface area contributed by atoms with Gasteiger partial charge < -0.3 is 4.90 Å². The van der Waals surface area contributed by atoms with Crippen molar-refractivity contribution in [3.63, 3.8) is 0 Å². The largest absolute Gasteiger partial charge is 0.335 e. The number of likely N-dealkylation sites (N-methyl/N-ethyl adjacent to an activating group) is 1. The highest BCUT2D eigenvalue weighted by Crippen LogP contribution is 2.13. The molecule has 17 heavy (non-hydrogen) atoms. The van der Waals surface area contributed by atoms with Gasteiger partial charge in [0.05, 0.1) is 0 Å². The van der Waals surface area contributed by atoms with Crippen LogP contribution >= 0.6 is 0 Å². The minimum atomic E-state index is -0.132. The van der Waals surface area contributed by atoms with Gasteiger partial charge in [0, 0.05) is 18.2 Å². The second-order valence-electron chi connectivity index (χ2n) is 5.00. The molecule has 0 aliphatic heterocycles. The monoisotopic (exact) mass is 231 g/mol. The predicted molar refractivity (Wildman–Crippen MR) is 72.6 cm³/mol. The van der Waals surface area contributed by atoms with Gasteiger partial charge in [0.1, 0.15) is 0 Å². The Morgan fingerprint density at radius 1 is 1.24 bits per heavy atom. The number of nitrogens with zero attached hydrogens (tertiary/aromatic N) is 1. The zero-order valence-electron chi connectivity index (χ0n) is 11.1. The van der Waals surface area contributed by atoms with E-state index in [0.29, 0.717) is 0 Å². The summed E-state index contributed by atoms with van der Waals surface area (Å²) >= 11 is 0. The highest BCUT2D eigenvalue weighted by atomic mass is 16.2. The Morgan fingerprint density at radius 2 is 1.82 bits per heavy atom. The van der Waals surface area contributed by atoms with Crippen molar-refractivity contribution < 1.29 is 4.79 Å². The molecule has 0 atom stereocenters. The predicted octanol–water partition coefficient (Wildman–Crippen LogP) is 3.35. The van der Waals surface area contributed by atoms with Crippen LogP contribution < -0.4 is 0 Å². The Bertz CT molecular complexity index is 387. The molecule has 0 aliphatic carbocycles. The van der Waals surface area contributed by atoms with Crippen LogP contribution in [0.5, 0.6) is 0 Å². The SMILES string of the molecule is CCN(C(=O)/C=C/c1ccccc1)C(C)(C)C. The fraction of sp³-hybridized carbons (Fsp3) is 0.400. The van der Waals surface area contributed by atoms with Gasteiger partial charge in [-0.25, -0.2) is 0 Å². The van der Waals surface area contributed by atoms with Gasteiger partial charge in [-0.3, -0.25) is 4.79 Å². The molecule has 0 N–H and O–H groups in total. The molecule has 92 valence electrons. The van der Waals surface area contributed by atoms with E-state index in [4.69, 9.17) is 0 Å². The summed E-state index contributed by atoms with van der Waals surface area (Å²) < 4.78 is 0. The van der Waals surface area contributed by atoms with Gasteiger partial charge in [0.2, 0.25) is 5.91 Å². The molecule has 1 aromatic carbocycles. The first-order valence-corrected chi connectivity index (χ1v) is 6.00. The molecular formula is C15H21NO. The second-order valence-corrected chi connectivity index (χ2v) is 5.00. The summed E-state index contributed by atoms with van der Waals surface area (Å²) in [4.78, 5) is 13.9. The number of hydrogen-bond donors (Lipinski definition) is 0. The van der Waals surface area contributed by atoms with Crippen molar-refractivity contribution in [1.82, 2.24) is 4.90 Å². The molecule has 1 rings (SSSR count). The van der Waals surface area contributed by atoms with Crippen LogP contribution in [0.1, 0.15) is 33.3 Å². The molecule has 0 radical (unpaired) electrons. The van der Waals surface area contributed by atoms with Crippen molar-refractivity contribution in [3.05, 3.63) is 42.0 Å². The average Bonchev–Trinajstić information content (AvgIpc) is 2.27. The third-order valence-corrected chi connectivity index (χ3v) is 2.61. The normalized spacial score (nSPS) is 11.8. The van der Waals surface area contributed by atoms with Gasteiger partial charge in [-0.2, -0.15) is 0 Å². The van der Waals surface area contributed by atoms with Crippen LogP contribution in [0.4, 0.5) is 0 Å². The molecule has 0 spiro atoms. The Kier molecular flexibility index (Phi) is 4.50. The summed E-state index contributed by atoms with van der Waals surface area (Å²) in [7, 11) is 0. The maximum atomic E-state index is 12.0. The van der Waals surface area contributed by atoms with Crippen LogP contribution in [0, 0.1) is 0 Å². The van der Waals surface area contributed by atoms with Crippen LogP contribution in [-0.2, 0) is 4.79 Å². The van der Waals surface area contributed by atoms with E-state index in [1.165, 1.54) is 0 Å². The minimum Gasteiger partial charge on any atom is -0.335 e. The number of rotatable bonds is 3. The van der Waals surface area contributed by atoms with Crippen molar-refractivity contribution in [1.29, 1.82) is 0 Å². The van der Waals surface area contributed by atoms with E-state index >= 15 is 0 Å². The van der Waals surface area contributed by atoms with Crippen molar-refractivity contribution >= 4 is 12.0 Å². The summed E-state index contributed by atoms with van der Waals surface area (Å²) in [5, 5.41) is 0. The van der Waals surface area contributed by atoms with Gasteiger partial charge in [0.15, 0.2) is 0 Å². The molecule has 0 saturated heterocycles. The fourth-order valence-corrected chi connectivity index (χ4v) is 1.78. The molecule has 0 fully saturated rings. The molecule has 2 heteroatoms. The number of benzene rings is 1. The van der Waals surface area contributed by atoms with Crippen molar-refractivity contribution in [3.8, 4) is 0 Å². The highest BCUT2D eigenvalue weighted by molar-refractivity contribution is 5.92. The van der Waals surface area contributed by atoms with Gasteiger partial charge in [-0.05, 0) is 39.3 Å². The number of hydrogen-bond acceptors (Lipinski definition) is 1. The molecule has 0 saturated carbocycles. The molecule has 0 aromatic heterocycles. The lowest BCUT2D eigenvalue weighted by Crippen LogP contribution is -2.44. The topological polar surface area (TPSA) is 20.3 Å². The Hall–Kier alpha value is -1.57. The summed E-state index contributed by atoms with van der Waals surface area (Å²) in [5.74, 6) is 0.0591. The van der Waals surface area contributed by atoms with E-state index in [1.807, 2.05) is 69.0 Å². The smallest absolute Gasteiger partial charge is 0.246 e. The van der Waals surface area contributed by atoms with Crippen LogP contribution in [-0.4, -0.2) is 22.9 Å².